The average molecular weight is 250 g/mol. The number of para-hydroxylation sites is 3. The van der Waals surface area contributed by atoms with Gasteiger partial charge in [-0.3, -0.25) is 9.36 Å². The second-order valence-corrected chi connectivity index (χ2v) is 4.56. The fraction of sp³-hybridized carbons (Fsp3) is 0.125. The third kappa shape index (κ3) is 1.83. The number of hydrogen-bond acceptors (Lipinski definition) is 2. The summed E-state index contributed by atoms with van der Waals surface area (Å²) in [6.07, 6.45) is 0. The van der Waals surface area contributed by atoms with Crippen LogP contribution in [0.25, 0.3) is 16.7 Å². The van der Waals surface area contributed by atoms with Gasteiger partial charge < -0.3 is 0 Å². The Balaban J connectivity index is 2.37. The molecule has 0 radical (unpaired) electrons. The number of hydrogen-bond donors (Lipinski definition) is 0. The minimum atomic E-state index is 0.0628. The molecule has 1 aromatic heterocycles. The van der Waals surface area contributed by atoms with Crippen molar-refractivity contribution < 1.29 is 4.79 Å². The molecule has 0 spiro atoms. The molecule has 0 saturated carbocycles. The predicted molar refractivity (Wildman–Crippen MR) is 75.8 cm³/mol. The first-order valence-corrected chi connectivity index (χ1v) is 6.23. The molecule has 94 valence electrons. The fourth-order valence-electron chi connectivity index (χ4n) is 2.42. The van der Waals surface area contributed by atoms with Crippen LogP contribution >= 0.6 is 0 Å². The fourth-order valence-corrected chi connectivity index (χ4v) is 2.42. The van der Waals surface area contributed by atoms with Gasteiger partial charge in [-0.15, -0.1) is 0 Å². The number of carbonyl (C=O) groups is 1. The summed E-state index contributed by atoms with van der Waals surface area (Å²) in [5, 5.41) is 0. The zero-order valence-corrected chi connectivity index (χ0v) is 10.9. The third-order valence-corrected chi connectivity index (χ3v) is 3.25. The molecule has 3 aromatic rings. The molecule has 19 heavy (non-hydrogen) atoms. The number of imidazole rings is 1. The molecule has 3 heteroatoms. The van der Waals surface area contributed by atoms with Gasteiger partial charge in [-0.2, -0.15) is 0 Å². The van der Waals surface area contributed by atoms with Gasteiger partial charge in [0.25, 0.3) is 0 Å². The van der Waals surface area contributed by atoms with Gasteiger partial charge in [0.05, 0.1) is 16.7 Å². The predicted octanol–water partition coefficient (Wildman–Crippen LogP) is 3.54. The van der Waals surface area contributed by atoms with Crippen LogP contribution in [0.1, 0.15) is 23.1 Å². The molecule has 0 saturated heterocycles. The SMILES string of the molecule is CC(=O)c1ccccc1-n1c(C)nc2ccccc21. The smallest absolute Gasteiger partial charge is 0.161 e. The highest BCUT2D eigenvalue weighted by atomic mass is 16.1. The Morgan fingerprint density at radius 1 is 1.05 bits per heavy atom. The molecule has 0 fully saturated rings. The Morgan fingerprint density at radius 3 is 2.53 bits per heavy atom. The topological polar surface area (TPSA) is 34.9 Å². The van der Waals surface area contributed by atoms with Gasteiger partial charge in [-0.05, 0) is 38.1 Å². The van der Waals surface area contributed by atoms with Crippen LogP contribution in [0.2, 0.25) is 0 Å². The van der Waals surface area contributed by atoms with Crippen molar-refractivity contribution in [2.45, 2.75) is 13.8 Å². The quantitative estimate of drug-likeness (QED) is 0.652. The highest BCUT2D eigenvalue weighted by molar-refractivity contribution is 5.98. The summed E-state index contributed by atoms with van der Waals surface area (Å²) < 4.78 is 2.03. The Kier molecular flexibility index (Phi) is 2.67. The van der Waals surface area contributed by atoms with Crippen molar-refractivity contribution in [3.05, 3.63) is 59.9 Å². The van der Waals surface area contributed by atoms with Crippen LogP contribution in [-0.4, -0.2) is 15.3 Å². The summed E-state index contributed by atoms with van der Waals surface area (Å²) in [4.78, 5) is 16.3. The number of benzene rings is 2. The lowest BCUT2D eigenvalue weighted by Gasteiger charge is -2.10. The first-order chi connectivity index (χ1) is 9.18. The molecular weight excluding hydrogens is 236 g/mol. The molecule has 3 rings (SSSR count). The summed E-state index contributed by atoms with van der Waals surface area (Å²) in [6, 6.07) is 15.6. The van der Waals surface area contributed by atoms with E-state index in [-0.39, 0.29) is 5.78 Å². The Hall–Kier alpha value is -2.42. The van der Waals surface area contributed by atoms with Crippen LogP contribution in [-0.2, 0) is 0 Å². The molecule has 0 aliphatic heterocycles. The second-order valence-electron chi connectivity index (χ2n) is 4.56. The van der Waals surface area contributed by atoms with Crippen LogP contribution in [0.4, 0.5) is 0 Å². The lowest BCUT2D eigenvalue weighted by atomic mass is 10.1. The van der Waals surface area contributed by atoms with E-state index in [0.717, 1.165) is 22.5 Å². The van der Waals surface area contributed by atoms with Gasteiger partial charge >= 0.3 is 0 Å². The molecule has 0 amide bonds. The van der Waals surface area contributed by atoms with Gasteiger partial charge in [0.1, 0.15) is 5.82 Å². The molecule has 1 heterocycles. The number of nitrogens with zero attached hydrogens (tertiary/aromatic N) is 2. The van der Waals surface area contributed by atoms with Gasteiger partial charge in [0, 0.05) is 5.56 Å². The molecule has 0 atom stereocenters. The van der Waals surface area contributed by atoms with Crippen molar-refractivity contribution in [1.29, 1.82) is 0 Å². The van der Waals surface area contributed by atoms with Crippen LogP contribution < -0.4 is 0 Å². The van der Waals surface area contributed by atoms with Crippen molar-refractivity contribution in [3.8, 4) is 5.69 Å². The maximum Gasteiger partial charge on any atom is 0.161 e. The van der Waals surface area contributed by atoms with E-state index in [4.69, 9.17) is 0 Å². The molecule has 3 nitrogen and oxygen atoms in total. The summed E-state index contributed by atoms with van der Waals surface area (Å²) in [7, 11) is 0. The Labute approximate surface area is 111 Å². The standard InChI is InChI=1S/C16H14N2O/c1-11(19)13-7-3-5-9-15(13)18-12(2)17-14-8-4-6-10-16(14)18/h3-10H,1-2H3. The maximum atomic E-state index is 11.8. The van der Waals surface area contributed by atoms with E-state index in [9.17, 15) is 4.79 Å². The number of rotatable bonds is 2. The average Bonchev–Trinajstić information content (AvgIpc) is 2.74. The number of Topliss-reactive ketones (excluding diaryl/α,β-unsaturated/α-hetero) is 1. The Morgan fingerprint density at radius 2 is 1.74 bits per heavy atom. The van der Waals surface area contributed by atoms with Crippen LogP contribution in [0.5, 0.6) is 0 Å². The summed E-state index contributed by atoms with van der Waals surface area (Å²) in [5.74, 6) is 0.947. The normalized spacial score (nSPS) is 10.8. The van der Waals surface area contributed by atoms with Crippen LogP contribution in [0.3, 0.4) is 0 Å². The number of ketones is 1. The second kappa shape index (κ2) is 4.35. The number of carbonyl (C=O) groups excluding carboxylic acids is 1. The summed E-state index contributed by atoms with van der Waals surface area (Å²) >= 11 is 0. The number of aromatic nitrogens is 2. The first kappa shape index (κ1) is 11.7. The van der Waals surface area contributed by atoms with E-state index in [1.165, 1.54) is 0 Å². The molecule has 0 bridgehead atoms. The molecule has 0 aliphatic carbocycles. The van der Waals surface area contributed by atoms with E-state index in [1.807, 2.05) is 60.0 Å². The molecule has 2 aromatic carbocycles. The van der Waals surface area contributed by atoms with Crippen molar-refractivity contribution in [2.24, 2.45) is 0 Å². The molecule has 0 unspecified atom stereocenters. The van der Waals surface area contributed by atoms with Gasteiger partial charge in [0.2, 0.25) is 0 Å². The highest BCUT2D eigenvalue weighted by Crippen LogP contribution is 2.23. The van der Waals surface area contributed by atoms with Gasteiger partial charge in [-0.1, -0.05) is 24.3 Å². The van der Waals surface area contributed by atoms with Crippen LogP contribution in [0, 0.1) is 6.92 Å². The molecule has 0 aliphatic rings. The molecular formula is C16H14N2O. The van der Waals surface area contributed by atoms with Crippen molar-refractivity contribution in [2.75, 3.05) is 0 Å². The van der Waals surface area contributed by atoms with E-state index >= 15 is 0 Å². The largest absolute Gasteiger partial charge is 0.296 e. The minimum Gasteiger partial charge on any atom is -0.296 e. The van der Waals surface area contributed by atoms with E-state index < -0.39 is 0 Å². The zero-order chi connectivity index (χ0) is 13.4. The van der Waals surface area contributed by atoms with E-state index in [2.05, 4.69) is 4.98 Å². The zero-order valence-electron chi connectivity index (χ0n) is 10.9. The van der Waals surface area contributed by atoms with Crippen molar-refractivity contribution in [1.82, 2.24) is 9.55 Å². The van der Waals surface area contributed by atoms with Crippen LogP contribution in [0.15, 0.2) is 48.5 Å². The number of aryl methyl sites for hydroxylation is 1. The maximum absolute atomic E-state index is 11.8. The monoisotopic (exact) mass is 250 g/mol. The third-order valence-electron chi connectivity index (χ3n) is 3.25. The first-order valence-electron chi connectivity index (χ1n) is 6.23. The van der Waals surface area contributed by atoms with Gasteiger partial charge in [0.15, 0.2) is 5.78 Å². The summed E-state index contributed by atoms with van der Waals surface area (Å²) in [5.41, 5.74) is 3.57. The lowest BCUT2D eigenvalue weighted by molar-refractivity contribution is 0.101. The lowest BCUT2D eigenvalue weighted by Crippen LogP contribution is -2.04. The summed E-state index contributed by atoms with van der Waals surface area (Å²) in [6.45, 7) is 3.55. The van der Waals surface area contributed by atoms with E-state index in [1.54, 1.807) is 6.92 Å². The van der Waals surface area contributed by atoms with Crippen molar-refractivity contribution >= 4 is 16.8 Å². The molecule has 0 N–H and O–H groups in total. The number of fused-ring (bicyclic) bond motifs is 1. The Bertz CT molecular complexity index is 771. The van der Waals surface area contributed by atoms with E-state index in [0.29, 0.717) is 5.56 Å². The highest BCUT2D eigenvalue weighted by Gasteiger charge is 2.13. The van der Waals surface area contributed by atoms with Crippen molar-refractivity contribution in [3.63, 3.8) is 0 Å². The minimum absolute atomic E-state index is 0.0628. The van der Waals surface area contributed by atoms with Gasteiger partial charge in [-0.25, -0.2) is 4.98 Å².